The molecule has 3 heteroatoms. The van der Waals surface area contributed by atoms with E-state index >= 15 is 0 Å². The minimum absolute atomic E-state index is 0.276. The van der Waals surface area contributed by atoms with Crippen LogP contribution in [0.1, 0.15) is 28.8 Å². The van der Waals surface area contributed by atoms with Crippen molar-refractivity contribution < 1.29 is 4.84 Å². The number of rotatable bonds is 7. The van der Waals surface area contributed by atoms with Crippen LogP contribution in [0.4, 0.5) is 0 Å². The van der Waals surface area contributed by atoms with Crippen molar-refractivity contribution in [3.05, 3.63) is 95.3 Å². The predicted molar refractivity (Wildman–Crippen MR) is 102 cm³/mol. The lowest BCUT2D eigenvalue weighted by atomic mass is 9.72. The Morgan fingerprint density at radius 3 is 1.88 bits per heavy atom. The molecule has 130 valence electrons. The smallest absolute Gasteiger partial charge is 0.0817 e. The van der Waals surface area contributed by atoms with E-state index in [0.29, 0.717) is 6.61 Å². The largest absolute Gasteiger partial charge is 0.351 e. The van der Waals surface area contributed by atoms with Gasteiger partial charge in [-0.05, 0) is 43.0 Å². The van der Waals surface area contributed by atoms with Crippen LogP contribution in [0.25, 0.3) is 0 Å². The summed E-state index contributed by atoms with van der Waals surface area (Å²) in [6, 6.07) is 23.2. The molecule has 0 bridgehead atoms. The Kier molecular flexibility index (Phi) is 5.37. The maximum atomic E-state index is 5.59. The first kappa shape index (κ1) is 17.5. The molecule has 25 heavy (non-hydrogen) atoms. The van der Waals surface area contributed by atoms with Gasteiger partial charge in [-0.3, -0.25) is 0 Å². The lowest BCUT2D eigenvalue weighted by Crippen LogP contribution is -2.36. The molecule has 0 saturated carbocycles. The van der Waals surface area contributed by atoms with E-state index in [1.54, 1.807) is 0 Å². The third-order valence-corrected chi connectivity index (χ3v) is 5.27. The molecular formula is C22H26N2O. The van der Waals surface area contributed by atoms with Gasteiger partial charge in [0.1, 0.15) is 0 Å². The van der Waals surface area contributed by atoms with Gasteiger partial charge in [-0.2, -0.15) is 0 Å². The van der Waals surface area contributed by atoms with E-state index in [-0.39, 0.29) is 5.41 Å². The summed E-state index contributed by atoms with van der Waals surface area (Å²) in [5.74, 6) is 5.59. The lowest BCUT2D eigenvalue weighted by Gasteiger charge is -2.34. The van der Waals surface area contributed by atoms with Crippen molar-refractivity contribution >= 4 is 0 Å². The first-order chi connectivity index (χ1) is 12.2. The Morgan fingerprint density at radius 2 is 1.44 bits per heavy atom. The normalized spacial score (nSPS) is 11.6. The molecule has 0 aliphatic heterocycles. The molecule has 1 aromatic heterocycles. The first-order valence-electron chi connectivity index (χ1n) is 8.72. The Labute approximate surface area is 150 Å². The number of aryl methyl sites for hydroxylation is 2. The molecule has 0 fully saturated rings. The lowest BCUT2D eigenvalue weighted by molar-refractivity contribution is 0.0920. The van der Waals surface area contributed by atoms with Crippen LogP contribution in [-0.4, -0.2) is 11.2 Å². The van der Waals surface area contributed by atoms with Gasteiger partial charge >= 0.3 is 0 Å². The van der Waals surface area contributed by atoms with Gasteiger partial charge in [0.05, 0.1) is 6.61 Å². The van der Waals surface area contributed by atoms with Gasteiger partial charge in [0.2, 0.25) is 0 Å². The van der Waals surface area contributed by atoms with Crippen molar-refractivity contribution in [3.63, 3.8) is 0 Å². The quantitative estimate of drug-likeness (QED) is 0.652. The number of hydrogen-bond acceptors (Lipinski definition) is 2. The molecule has 0 amide bonds. The molecule has 3 rings (SSSR count). The van der Waals surface area contributed by atoms with E-state index < -0.39 is 0 Å². The number of aromatic nitrogens is 1. The van der Waals surface area contributed by atoms with Crippen molar-refractivity contribution in [1.29, 1.82) is 0 Å². The summed E-state index contributed by atoms with van der Waals surface area (Å²) in [7, 11) is 0. The summed E-state index contributed by atoms with van der Waals surface area (Å²) in [5.41, 5.74) is 4.81. The maximum absolute atomic E-state index is 5.59. The molecule has 0 unspecified atom stereocenters. The van der Waals surface area contributed by atoms with E-state index in [1.165, 1.54) is 22.4 Å². The minimum Gasteiger partial charge on any atom is -0.351 e. The molecule has 0 aliphatic rings. The second kappa shape index (κ2) is 7.68. The third-order valence-electron chi connectivity index (χ3n) is 5.27. The predicted octanol–water partition coefficient (Wildman–Crippen LogP) is 4.37. The van der Waals surface area contributed by atoms with Crippen molar-refractivity contribution in [2.45, 2.75) is 32.2 Å². The molecule has 0 aliphatic carbocycles. The monoisotopic (exact) mass is 334 g/mol. The van der Waals surface area contributed by atoms with Gasteiger partial charge in [-0.25, -0.2) is 5.90 Å². The van der Waals surface area contributed by atoms with Crippen molar-refractivity contribution in [2.75, 3.05) is 6.61 Å². The van der Waals surface area contributed by atoms with Crippen LogP contribution in [0.3, 0.4) is 0 Å². The molecule has 0 atom stereocenters. The summed E-state index contributed by atoms with van der Waals surface area (Å²) in [5, 5.41) is 0. The Hall–Kier alpha value is -2.36. The van der Waals surface area contributed by atoms with E-state index in [0.717, 1.165) is 13.0 Å². The van der Waals surface area contributed by atoms with Crippen LogP contribution < -0.4 is 5.90 Å². The maximum Gasteiger partial charge on any atom is 0.0817 e. The molecule has 0 saturated heterocycles. The number of hydrogen-bond donors (Lipinski definition) is 1. The SMILES string of the molecule is Cc1ccn(CCC(CON)(c2ccccc2)c2ccccc2)c1C. The Balaban J connectivity index is 2.02. The fourth-order valence-electron chi connectivity index (χ4n) is 3.57. The van der Waals surface area contributed by atoms with Crippen LogP contribution in [0.5, 0.6) is 0 Å². The summed E-state index contributed by atoms with van der Waals surface area (Å²) >= 11 is 0. The molecular weight excluding hydrogens is 308 g/mol. The second-order valence-corrected chi connectivity index (χ2v) is 6.65. The number of benzene rings is 2. The van der Waals surface area contributed by atoms with Crippen LogP contribution in [-0.2, 0) is 16.8 Å². The van der Waals surface area contributed by atoms with Crippen LogP contribution in [0, 0.1) is 13.8 Å². The molecule has 2 aromatic carbocycles. The average molecular weight is 334 g/mol. The highest BCUT2D eigenvalue weighted by Gasteiger charge is 2.34. The van der Waals surface area contributed by atoms with Crippen LogP contribution in [0.2, 0.25) is 0 Å². The molecule has 2 N–H and O–H groups in total. The third kappa shape index (κ3) is 3.53. The number of nitrogens with two attached hydrogens (primary N) is 1. The summed E-state index contributed by atoms with van der Waals surface area (Å²) in [6.45, 7) is 5.67. The molecule has 0 spiro atoms. The second-order valence-electron chi connectivity index (χ2n) is 6.65. The molecule has 3 aromatic rings. The minimum atomic E-state index is -0.276. The zero-order valence-electron chi connectivity index (χ0n) is 15.0. The number of nitrogens with zero attached hydrogens (tertiary/aromatic N) is 1. The molecule has 3 nitrogen and oxygen atoms in total. The zero-order chi connectivity index (χ0) is 17.7. The van der Waals surface area contributed by atoms with Crippen molar-refractivity contribution in [3.8, 4) is 0 Å². The molecule has 0 radical (unpaired) electrons. The Morgan fingerprint density at radius 1 is 0.880 bits per heavy atom. The highest BCUT2D eigenvalue weighted by molar-refractivity contribution is 5.39. The van der Waals surface area contributed by atoms with E-state index in [1.807, 2.05) is 12.1 Å². The van der Waals surface area contributed by atoms with E-state index in [2.05, 4.69) is 79.2 Å². The first-order valence-corrected chi connectivity index (χ1v) is 8.72. The highest BCUT2D eigenvalue weighted by Crippen LogP contribution is 2.36. The van der Waals surface area contributed by atoms with Crippen LogP contribution >= 0.6 is 0 Å². The van der Waals surface area contributed by atoms with Gasteiger partial charge < -0.3 is 9.40 Å². The topological polar surface area (TPSA) is 40.2 Å². The molecule has 1 heterocycles. The van der Waals surface area contributed by atoms with Crippen molar-refractivity contribution in [2.24, 2.45) is 5.90 Å². The van der Waals surface area contributed by atoms with Gasteiger partial charge in [-0.1, -0.05) is 60.7 Å². The Bertz CT molecular complexity index is 754. The highest BCUT2D eigenvalue weighted by atomic mass is 16.6. The van der Waals surface area contributed by atoms with Gasteiger partial charge in [-0.15, -0.1) is 0 Å². The fraction of sp³-hybridized carbons (Fsp3) is 0.273. The summed E-state index contributed by atoms with van der Waals surface area (Å²) in [6.07, 6.45) is 3.07. The average Bonchev–Trinajstić information content (AvgIpc) is 2.99. The van der Waals surface area contributed by atoms with Gasteiger partial charge in [0.25, 0.3) is 0 Å². The zero-order valence-corrected chi connectivity index (χ0v) is 15.0. The van der Waals surface area contributed by atoms with E-state index in [9.17, 15) is 0 Å². The van der Waals surface area contributed by atoms with Crippen LogP contribution in [0.15, 0.2) is 72.9 Å². The van der Waals surface area contributed by atoms with Gasteiger partial charge in [0, 0.05) is 23.9 Å². The summed E-state index contributed by atoms with van der Waals surface area (Å²) < 4.78 is 2.31. The van der Waals surface area contributed by atoms with E-state index in [4.69, 9.17) is 10.7 Å². The summed E-state index contributed by atoms with van der Waals surface area (Å²) in [4.78, 5) is 5.23. The standard InChI is InChI=1S/C22H26N2O/c1-18-13-15-24(19(18)2)16-14-22(17-25-23,20-9-5-3-6-10-20)21-11-7-4-8-12-21/h3-13,15H,14,16-17,23H2,1-2H3. The van der Waals surface area contributed by atoms with Gasteiger partial charge in [0.15, 0.2) is 0 Å². The van der Waals surface area contributed by atoms with Crippen molar-refractivity contribution in [1.82, 2.24) is 4.57 Å². The fourth-order valence-corrected chi connectivity index (χ4v) is 3.57.